The van der Waals surface area contributed by atoms with Crippen molar-refractivity contribution in [2.75, 3.05) is 32.0 Å². The maximum absolute atomic E-state index is 11.5. The molecule has 1 aromatic carbocycles. The van der Waals surface area contributed by atoms with E-state index in [1.807, 2.05) is 0 Å². The minimum Gasteiger partial charge on any atom is -0.372 e. The molecule has 2 aliphatic rings. The van der Waals surface area contributed by atoms with Crippen LogP contribution in [-0.2, 0) is 21.3 Å². The molecule has 0 radical (unpaired) electrons. The molecule has 1 atom stereocenters. The van der Waals surface area contributed by atoms with Gasteiger partial charge in [0.15, 0.2) is 0 Å². The Morgan fingerprint density at radius 3 is 2.48 bits per heavy atom. The summed E-state index contributed by atoms with van der Waals surface area (Å²) in [5.74, 6) is 0.429. The van der Waals surface area contributed by atoms with E-state index in [9.17, 15) is 8.42 Å². The molecule has 2 saturated heterocycles. The average Bonchev–Trinajstić information content (AvgIpc) is 2.52. The smallest absolute Gasteiger partial charge is 0.211 e. The Kier molecular flexibility index (Phi) is 5.54. The minimum absolute atomic E-state index is 0.000991. The second-order valence-corrected chi connectivity index (χ2v) is 9.89. The maximum Gasteiger partial charge on any atom is 0.211 e. The van der Waals surface area contributed by atoms with E-state index in [4.69, 9.17) is 4.74 Å². The van der Waals surface area contributed by atoms with E-state index in [1.165, 1.54) is 16.7 Å². The molecule has 1 spiro atoms. The highest BCUT2D eigenvalue weighted by Gasteiger charge is 2.46. The van der Waals surface area contributed by atoms with E-state index >= 15 is 0 Å². The van der Waals surface area contributed by atoms with Crippen LogP contribution < -0.4 is 4.72 Å². The van der Waals surface area contributed by atoms with Gasteiger partial charge in [0.25, 0.3) is 0 Å². The van der Waals surface area contributed by atoms with Crippen molar-refractivity contribution >= 4 is 10.0 Å². The van der Waals surface area contributed by atoms with Gasteiger partial charge < -0.3 is 4.74 Å². The summed E-state index contributed by atoms with van der Waals surface area (Å²) < 4.78 is 31.9. The van der Waals surface area contributed by atoms with Crippen molar-refractivity contribution in [1.29, 1.82) is 0 Å². The van der Waals surface area contributed by atoms with Crippen molar-refractivity contribution in [3.05, 3.63) is 34.9 Å². The van der Waals surface area contributed by atoms with E-state index in [2.05, 4.69) is 41.7 Å². The average molecular weight is 367 g/mol. The van der Waals surface area contributed by atoms with Gasteiger partial charge in [-0.25, -0.2) is 13.1 Å². The molecule has 1 aromatic rings. The van der Waals surface area contributed by atoms with Crippen molar-refractivity contribution in [1.82, 2.24) is 9.62 Å². The Bertz CT molecular complexity index is 681. The third-order valence-corrected chi connectivity index (χ3v) is 6.68. The number of nitrogens with zero attached hydrogens (tertiary/aromatic N) is 1. The third kappa shape index (κ3) is 4.82. The van der Waals surface area contributed by atoms with E-state index in [0.29, 0.717) is 19.1 Å². The fourth-order valence-electron chi connectivity index (χ4n) is 3.97. The lowest BCUT2D eigenvalue weighted by atomic mass is 9.82. The summed E-state index contributed by atoms with van der Waals surface area (Å²) in [5.41, 5.74) is 4.00. The zero-order valence-electron chi connectivity index (χ0n) is 15.5. The molecule has 2 aliphatic heterocycles. The molecule has 0 amide bonds. The highest BCUT2D eigenvalue weighted by Crippen LogP contribution is 2.36. The van der Waals surface area contributed by atoms with Crippen molar-refractivity contribution < 1.29 is 13.2 Å². The van der Waals surface area contributed by atoms with Crippen molar-refractivity contribution in [2.24, 2.45) is 5.92 Å². The van der Waals surface area contributed by atoms with E-state index < -0.39 is 10.0 Å². The molecule has 1 N–H and O–H groups in total. The highest BCUT2D eigenvalue weighted by atomic mass is 32.2. The van der Waals surface area contributed by atoms with Gasteiger partial charge in [-0.1, -0.05) is 29.3 Å². The predicted molar refractivity (Wildman–Crippen MR) is 100 cm³/mol. The van der Waals surface area contributed by atoms with Gasteiger partial charge in [0.1, 0.15) is 0 Å². The molecule has 2 fully saturated rings. The van der Waals surface area contributed by atoms with Gasteiger partial charge in [-0.05, 0) is 45.1 Å². The number of nitrogens with one attached hydrogen (secondary N) is 1. The molecular weight excluding hydrogens is 336 g/mol. The summed E-state index contributed by atoms with van der Waals surface area (Å²) in [6.07, 6.45) is 2.05. The molecular formula is C19H30N2O3S. The normalized spacial score (nSPS) is 23.6. The van der Waals surface area contributed by atoms with Crippen LogP contribution >= 0.6 is 0 Å². The zero-order valence-corrected chi connectivity index (χ0v) is 16.4. The second-order valence-electron chi connectivity index (χ2n) is 7.79. The highest BCUT2D eigenvalue weighted by molar-refractivity contribution is 7.89. The molecule has 0 aliphatic carbocycles. The number of aryl methyl sites for hydroxylation is 2. The largest absolute Gasteiger partial charge is 0.372 e. The van der Waals surface area contributed by atoms with Crippen LogP contribution in [0.2, 0.25) is 0 Å². The summed E-state index contributed by atoms with van der Waals surface area (Å²) in [4.78, 5) is 2.44. The number of benzene rings is 1. The number of hydrogen-bond donors (Lipinski definition) is 1. The van der Waals surface area contributed by atoms with Gasteiger partial charge in [0, 0.05) is 26.2 Å². The lowest BCUT2D eigenvalue weighted by Gasteiger charge is -2.53. The second kappa shape index (κ2) is 7.35. The number of sulfonamides is 1. The molecule has 2 heterocycles. The van der Waals surface area contributed by atoms with Gasteiger partial charge in [0.05, 0.1) is 18.0 Å². The Labute approximate surface area is 151 Å². The lowest BCUT2D eigenvalue weighted by molar-refractivity contribution is -0.181. The molecule has 6 heteroatoms. The van der Waals surface area contributed by atoms with Crippen LogP contribution in [0.5, 0.6) is 0 Å². The standard InChI is InChI=1S/C19H30N2O3S/c1-4-25(22,23)20-10-17-5-6-19(24-12-17)13-21(14-19)11-18-8-15(2)7-16(3)9-18/h7-9,17,20H,4-6,10-14H2,1-3H3/t17-/m0/s1. The Morgan fingerprint density at radius 1 is 1.24 bits per heavy atom. The van der Waals surface area contributed by atoms with Gasteiger partial charge in [-0.2, -0.15) is 0 Å². The van der Waals surface area contributed by atoms with Gasteiger partial charge in [-0.15, -0.1) is 0 Å². The molecule has 25 heavy (non-hydrogen) atoms. The molecule has 5 nitrogen and oxygen atoms in total. The van der Waals surface area contributed by atoms with Crippen LogP contribution in [0.25, 0.3) is 0 Å². The lowest BCUT2D eigenvalue weighted by Crippen LogP contribution is -2.64. The number of hydrogen-bond acceptors (Lipinski definition) is 4. The summed E-state index contributed by atoms with van der Waals surface area (Å²) >= 11 is 0. The molecule has 0 bridgehead atoms. The third-order valence-electron chi connectivity index (χ3n) is 5.32. The molecule has 0 unspecified atom stereocenters. The van der Waals surface area contributed by atoms with Crippen LogP contribution in [0.15, 0.2) is 18.2 Å². The summed E-state index contributed by atoms with van der Waals surface area (Å²) in [6.45, 7) is 10.0. The fraction of sp³-hybridized carbons (Fsp3) is 0.684. The van der Waals surface area contributed by atoms with Gasteiger partial charge in [0.2, 0.25) is 10.0 Å². The van der Waals surface area contributed by atoms with Gasteiger partial charge in [-0.3, -0.25) is 4.90 Å². The van der Waals surface area contributed by atoms with Crippen LogP contribution in [0, 0.1) is 19.8 Å². The van der Waals surface area contributed by atoms with Crippen molar-refractivity contribution in [3.8, 4) is 0 Å². The number of likely N-dealkylation sites (tertiary alicyclic amines) is 1. The van der Waals surface area contributed by atoms with E-state index in [1.54, 1.807) is 6.92 Å². The summed E-state index contributed by atoms with van der Waals surface area (Å²) in [7, 11) is -3.10. The Balaban J connectivity index is 1.44. The van der Waals surface area contributed by atoms with Crippen LogP contribution in [0.1, 0.15) is 36.5 Å². The number of ether oxygens (including phenoxy) is 1. The van der Waals surface area contributed by atoms with Crippen molar-refractivity contribution in [2.45, 2.75) is 45.8 Å². The first kappa shape index (κ1) is 18.8. The van der Waals surface area contributed by atoms with Gasteiger partial charge >= 0.3 is 0 Å². The van der Waals surface area contributed by atoms with Crippen molar-refractivity contribution in [3.63, 3.8) is 0 Å². The van der Waals surface area contributed by atoms with Crippen LogP contribution in [-0.4, -0.2) is 50.9 Å². The fourth-order valence-corrected chi connectivity index (χ4v) is 4.67. The SMILES string of the molecule is CCS(=O)(=O)NC[C@@H]1CCC2(CN(Cc3cc(C)cc(C)c3)C2)OC1. The van der Waals surface area contributed by atoms with E-state index in [-0.39, 0.29) is 11.4 Å². The molecule has 3 rings (SSSR count). The van der Waals surface area contributed by atoms with Crippen LogP contribution in [0.4, 0.5) is 0 Å². The summed E-state index contributed by atoms with van der Waals surface area (Å²) in [6, 6.07) is 6.73. The number of rotatable bonds is 6. The maximum atomic E-state index is 11.5. The minimum atomic E-state index is -3.10. The first-order valence-corrected chi connectivity index (χ1v) is 10.9. The first-order valence-electron chi connectivity index (χ1n) is 9.20. The van der Waals surface area contributed by atoms with E-state index in [0.717, 1.165) is 32.5 Å². The Morgan fingerprint density at radius 2 is 1.92 bits per heavy atom. The first-order chi connectivity index (χ1) is 11.8. The van der Waals surface area contributed by atoms with Crippen LogP contribution in [0.3, 0.4) is 0 Å². The monoisotopic (exact) mass is 366 g/mol. The predicted octanol–water partition coefficient (Wildman–Crippen LogP) is 2.22. The summed E-state index contributed by atoms with van der Waals surface area (Å²) in [5, 5.41) is 0. The molecule has 0 saturated carbocycles. The zero-order chi connectivity index (χ0) is 18.1. The Hall–Kier alpha value is -0.950. The topological polar surface area (TPSA) is 58.6 Å². The quantitative estimate of drug-likeness (QED) is 0.839. The molecule has 140 valence electrons. The molecule has 0 aromatic heterocycles.